The average molecular weight is 303 g/mol. The Bertz CT molecular complexity index is 327. The van der Waals surface area contributed by atoms with Crippen LogP contribution in [-0.4, -0.2) is 55.5 Å². The molecule has 0 spiro atoms. The van der Waals surface area contributed by atoms with E-state index in [9.17, 15) is 0 Å². The molecule has 0 heterocycles. The van der Waals surface area contributed by atoms with Crippen LogP contribution in [0.2, 0.25) is 0 Å². The van der Waals surface area contributed by atoms with E-state index in [1.807, 2.05) is 7.05 Å². The zero-order valence-electron chi connectivity index (χ0n) is 12.7. The molecular weight excluding hydrogens is 276 g/mol. The molecule has 1 N–H and O–H groups in total. The molecule has 0 bridgehead atoms. The SMILES string of the molecule is CNCCOCCN(C)/C(C)=C(/C(=S)C=S)C(C)C. The van der Waals surface area contributed by atoms with Gasteiger partial charge in [0.15, 0.2) is 0 Å². The van der Waals surface area contributed by atoms with E-state index < -0.39 is 0 Å². The molecule has 0 unspecified atom stereocenters. The number of rotatable bonds is 10. The Morgan fingerprint density at radius 1 is 1.37 bits per heavy atom. The first kappa shape index (κ1) is 18.6. The van der Waals surface area contributed by atoms with Crippen LogP contribution in [0.4, 0.5) is 0 Å². The van der Waals surface area contributed by atoms with Gasteiger partial charge in [0.1, 0.15) is 0 Å². The third-order valence-electron chi connectivity index (χ3n) is 2.98. The van der Waals surface area contributed by atoms with E-state index in [1.54, 1.807) is 5.37 Å². The molecule has 0 saturated carbocycles. The van der Waals surface area contributed by atoms with Gasteiger partial charge in [0, 0.05) is 31.2 Å². The molecule has 0 rings (SSSR count). The zero-order valence-corrected chi connectivity index (χ0v) is 14.3. The summed E-state index contributed by atoms with van der Waals surface area (Å²) in [7, 11) is 3.98. The highest BCUT2D eigenvalue weighted by Crippen LogP contribution is 2.18. The Labute approximate surface area is 128 Å². The number of ether oxygens (including phenoxy) is 1. The van der Waals surface area contributed by atoms with Gasteiger partial charge in [-0.2, -0.15) is 0 Å². The first-order chi connectivity index (χ1) is 8.95. The van der Waals surface area contributed by atoms with Crippen molar-refractivity contribution in [2.75, 3.05) is 40.4 Å². The van der Waals surface area contributed by atoms with Crippen molar-refractivity contribution < 1.29 is 4.74 Å². The van der Waals surface area contributed by atoms with Gasteiger partial charge in [-0.3, -0.25) is 0 Å². The lowest BCUT2D eigenvalue weighted by atomic mass is 9.98. The van der Waals surface area contributed by atoms with Gasteiger partial charge < -0.3 is 15.0 Å². The highest BCUT2D eigenvalue weighted by molar-refractivity contribution is 7.88. The number of hydrogen-bond acceptors (Lipinski definition) is 5. The minimum Gasteiger partial charge on any atom is -0.378 e. The molecule has 0 aliphatic heterocycles. The van der Waals surface area contributed by atoms with Crippen molar-refractivity contribution in [3.05, 3.63) is 11.3 Å². The van der Waals surface area contributed by atoms with Crippen molar-refractivity contribution in [3.63, 3.8) is 0 Å². The van der Waals surface area contributed by atoms with Gasteiger partial charge in [-0.05, 0) is 25.5 Å². The molecule has 19 heavy (non-hydrogen) atoms. The molecule has 0 amide bonds. The highest BCUT2D eigenvalue weighted by atomic mass is 32.1. The van der Waals surface area contributed by atoms with Crippen LogP contribution in [0.1, 0.15) is 20.8 Å². The first-order valence-corrected chi connectivity index (χ1v) is 7.47. The van der Waals surface area contributed by atoms with Gasteiger partial charge in [-0.15, -0.1) is 0 Å². The largest absolute Gasteiger partial charge is 0.378 e. The molecule has 0 fully saturated rings. The van der Waals surface area contributed by atoms with E-state index in [4.69, 9.17) is 29.2 Å². The predicted octanol–water partition coefficient (Wildman–Crippen LogP) is 2.45. The number of hydrogen-bond donors (Lipinski definition) is 1. The van der Waals surface area contributed by atoms with Crippen molar-refractivity contribution in [1.82, 2.24) is 10.2 Å². The molecule has 0 atom stereocenters. The second-order valence-corrected chi connectivity index (χ2v) is 5.45. The second kappa shape index (κ2) is 10.4. The molecule has 0 aliphatic carbocycles. The summed E-state index contributed by atoms with van der Waals surface area (Å²) in [6.07, 6.45) is 0. The fourth-order valence-electron chi connectivity index (χ4n) is 1.80. The van der Waals surface area contributed by atoms with Crippen molar-refractivity contribution >= 4 is 34.7 Å². The van der Waals surface area contributed by atoms with Gasteiger partial charge in [0.05, 0.1) is 18.1 Å². The van der Waals surface area contributed by atoms with E-state index in [2.05, 4.69) is 38.0 Å². The second-order valence-electron chi connectivity index (χ2n) is 4.77. The third-order valence-corrected chi connectivity index (χ3v) is 3.70. The van der Waals surface area contributed by atoms with Crippen LogP contribution in [0.25, 0.3) is 0 Å². The van der Waals surface area contributed by atoms with Crippen molar-refractivity contribution in [3.8, 4) is 0 Å². The van der Waals surface area contributed by atoms with E-state index >= 15 is 0 Å². The molecule has 0 radical (unpaired) electrons. The fraction of sp³-hybridized carbons (Fsp3) is 0.714. The van der Waals surface area contributed by atoms with E-state index in [1.165, 1.54) is 5.70 Å². The smallest absolute Gasteiger partial charge is 0.0642 e. The van der Waals surface area contributed by atoms with Crippen molar-refractivity contribution in [1.29, 1.82) is 0 Å². The monoisotopic (exact) mass is 302 g/mol. The number of allylic oxidation sites excluding steroid dienone is 2. The summed E-state index contributed by atoms with van der Waals surface area (Å²) in [5.74, 6) is 0.374. The Hall–Kier alpha value is -0.360. The summed E-state index contributed by atoms with van der Waals surface area (Å²) in [5, 5.41) is 4.64. The average Bonchev–Trinajstić information content (AvgIpc) is 2.37. The lowest BCUT2D eigenvalue weighted by Gasteiger charge is -2.25. The molecule has 110 valence electrons. The Balaban J connectivity index is 4.52. The number of likely N-dealkylation sites (N-methyl/N-ethyl adjacent to an activating group) is 2. The van der Waals surface area contributed by atoms with Crippen LogP contribution in [0.5, 0.6) is 0 Å². The van der Waals surface area contributed by atoms with Crippen LogP contribution >= 0.6 is 24.4 Å². The Morgan fingerprint density at radius 2 is 2.00 bits per heavy atom. The maximum Gasteiger partial charge on any atom is 0.0642 e. The van der Waals surface area contributed by atoms with Crippen LogP contribution < -0.4 is 5.32 Å². The maximum absolute atomic E-state index is 5.53. The standard InChI is InChI=1S/C14H26N2OS2/c1-11(2)14(13(19)10-18)12(3)16(5)7-9-17-8-6-15-4/h10-11,15H,6-9H2,1-5H3/b14-12+. The molecule has 3 nitrogen and oxygen atoms in total. The Morgan fingerprint density at radius 3 is 2.47 bits per heavy atom. The highest BCUT2D eigenvalue weighted by Gasteiger charge is 2.14. The first-order valence-electron chi connectivity index (χ1n) is 6.59. The summed E-state index contributed by atoms with van der Waals surface area (Å²) in [4.78, 5) is 2.95. The molecular formula is C14H26N2OS2. The van der Waals surface area contributed by atoms with Crippen LogP contribution in [0, 0.1) is 5.92 Å². The number of nitrogens with zero attached hydrogens (tertiary/aromatic N) is 1. The lowest BCUT2D eigenvalue weighted by Crippen LogP contribution is -2.26. The van der Waals surface area contributed by atoms with Crippen LogP contribution in [-0.2, 0) is 4.74 Å². The van der Waals surface area contributed by atoms with Gasteiger partial charge in [0.2, 0.25) is 0 Å². The summed E-state index contributed by atoms with van der Waals surface area (Å²) in [6.45, 7) is 9.56. The van der Waals surface area contributed by atoms with Crippen LogP contribution in [0.3, 0.4) is 0 Å². The summed E-state index contributed by atoms with van der Waals surface area (Å²) < 4.78 is 5.53. The van der Waals surface area contributed by atoms with E-state index in [0.29, 0.717) is 12.5 Å². The topological polar surface area (TPSA) is 24.5 Å². The third kappa shape index (κ3) is 7.11. The molecule has 5 heteroatoms. The van der Waals surface area contributed by atoms with Gasteiger partial charge in [-0.1, -0.05) is 38.3 Å². The quantitative estimate of drug-likeness (QED) is 0.380. The normalized spacial score (nSPS) is 12.3. The summed E-state index contributed by atoms with van der Waals surface area (Å²) in [5.41, 5.74) is 2.33. The van der Waals surface area contributed by atoms with Gasteiger partial charge in [-0.25, -0.2) is 0 Å². The van der Waals surface area contributed by atoms with E-state index in [-0.39, 0.29) is 0 Å². The zero-order chi connectivity index (χ0) is 14.8. The molecule has 0 aromatic heterocycles. The summed E-state index contributed by atoms with van der Waals surface area (Å²) in [6, 6.07) is 0. The summed E-state index contributed by atoms with van der Waals surface area (Å²) >= 11 is 10.3. The minimum absolute atomic E-state index is 0.374. The van der Waals surface area contributed by atoms with Crippen molar-refractivity contribution in [2.45, 2.75) is 20.8 Å². The van der Waals surface area contributed by atoms with Crippen LogP contribution in [0.15, 0.2) is 11.3 Å². The molecule has 0 aromatic carbocycles. The maximum atomic E-state index is 5.53. The molecule has 0 aromatic rings. The number of nitrogens with one attached hydrogen (secondary N) is 1. The van der Waals surface area contributed by atoms with Gasteiger partial charge in [0.25, 0.3) is 0 Å². The molecule has 0 saturated heterocycles. The number of thiocarbonyl (C=S) groups is 2. The van der Waals surface area contributed by atoms with Gasteiger partial charge >= 0.3 is 0 Å². The Kier molecular flexibility index (Phi) is 10.2. The fourth-order valence-corrected chi connectivity index (χ4v) is 2.31. The lowest BCUT2D eigenvalue weighted by molar-refractivity contribution is 0.121. The molecule has 0 aliphatic rings. The predicted molar refractivity (Wildman–Crippen MR) is 91.2 cm³/mol. The minimum atomic E-state index is 0.374. The van der Waals surface area contributed by atoms with Crippen molar-refractivity contribution in [2.24, 2.45) is 5.92 Å². The van der Waals surface area contributed by atoms with E-state index in [0.717, 1.165) is 30.1 Å².